The quantitative estimate of drug-likeness (QED) is 0.761. The number of carboxylic acids is 1. The molecular formula is C18H21N3O4. The minimum atomic E-state index is -0.724. The third-order valence-electron chi connectivity index (χ3n) is 4.89. The van der Waals surface area contributed by atoms with Crippen LogP contribution >= 0.6 is 0 Å². The van der Waals surface area contributed by atoms with E-state index in [-0.39, 0.29) is 23.8 Å². The Hall–Kier alpha value is -2.70. The summed E-state index contributed by atoms with van der Waals surface area (Å²) >= 11 is 0. The van der Waals surface area contributed by atoms with E-state index >= 15 is 0 Å². The van der Waals surface area contributed by atoms with Crippen LogP contribution in [-0.2, 0) is 16.0 Å². The second kappa shape index (κ2) is 7.46. The standard InChI is InChI=1S/C18H21N3O4/c22-16(19-10-11-5-7-12(8-6-11)18(24)25)9-15-13-3-1-2-4-14(13)17(23)21-20-15/h1-4,11-12H,5-10H2,(H,19,22)(H,21,23)(H,24,25). The third-order valence-corrected chi connectivity index (χ3v) is 4.89. The molecule has 0 aliphatic heterocycles. The number of carbonyl (C=O) groups is 2. The van der Waals surface area contributed by atoms with Crippen molar-refractivity contribution in [1.82, 2.24) is 15.5 Å². The van der Waals surface area contributed by atoms with Gasteiger partial charge in [-0.15, -0.1) is 0 Å². The van der Waals surface area contributed by atoms with E-state index in [1.807, 2.05) is 6.07 Å². The Labute approximate surface area is 144 Å². The topological polar surface area (TPSA) is 112 Å². The predicted octanol–water partition coefficient (Wildman–Crippen LogP) is 1.47. The van der Waals surface area contributed by atoms with E-state index in [0.717, 1.165) is 12.8 Å². The molecule has 0 unspecified atom stereocenters. The normalized spacial score (nSPS) is 20.3. The van der Waals surface area contributed by atoms with Gasteiger partial charge in [0.2, 0.25) is 5.91 Å². The molecule has 0 radical (unpaired) electrons. The van der Waals surface area contributed by atoms with E-state index in [0.29, 0.717) is 41.8 Å². The number of nitrogens with one attached hydrogen (secondary N) is 2. The highest BCUT2D eigenvalue weighted by Crippen LogP contribution is 2.28. The Kier molecular flexibility index (Phi) is 5.11. The molecule has 7 nitrogen and oxygen atoms in total. The van der Waals surface area contributed by atoms with Gasteiger partial charge in [0, 0.05) is 11.9 Å². The highest BCUT2D eigenvalue weighted by molar-refractivity contribution is 5.88. The van der Waals surface area contributed by atoms with Crippen LogP contribution in [0.3, 0.4) is 0 Å². The van der Waals surface area contributed by atoms with Crippen LogP contribution in [0, 0.1) is 11.8 Å². The number of aliphatic carboxylic acids is 1. The molecule has 1 aromatic carbocycles. The molecule has 1 aliphatic carbocycles. The number of amides is 1. The summed E-state index contributed by atoms with van der Waals surface area (Å²) in [5.74, 6) is -0.799. The molecular weight excluding hydrogens is 322 g/mol. The number of nitrogens with zero attached hydrogens (tertiary/aromatic N) is 1. The van der Waals surface area contributed by atoms with Crippen LogP contribution in [0.5, 0.6) is 0 Å². The average molecular weight is 343 g/mol. The summed E-state index contributed by atoms with van der Waals surface area (Å²) in [5, 5.41) is 19.6. The summed E-state index contributed by atoms with van der Waals surface area (Å²) in [6.45, 7) is 0.548. The zero-order chi connectivity index (χ0) is 17.8. The number of aromatic nitrogens is 2. The van der Waals surface area contributed by atoms with Crippen LogP contribution in [-0.4, -0.2) is 33.7 Å². The number of hydrogen-bond donors (Lipinski definition) is 3. The van der Waals surface area contributed by atoms with Crippen molar-refractivity contribution in [1.29, 1.82) is 0 Å². The summed E-state index contributed by atoms with van der Waals surface area (Å²) in [6.07, 6.45) is 3.07. The van der Waals surface area contributed by atoms with Crippen molar-refractivity contribution in [2.75, 3.05) is 6.54 Å². The molecule has 1 heterocycles. The van der Waals surface area contributed by atoms with Crippen LogP contribution in [0.25, 0.3) is 10.8 Å². The van der Waals surface area contributed by atoms with Gasteiger partial charge in [-0.05, 0) is 37.7 Å². The smallest absolute Gasteiger partial charge is 0.306 e. The highest BCUT2D eigenvalue weighted by Gasteiger charge is 2.26. The number of benzene rings is 1. The number of carbonyl (C=O) groups excluding carboxylic acids is 1. The highest BCUT2D eigenvalue weighted by atomic mass is 16.4. The van der Waals surface area contributed by atoms with E-state index in [2.05, 4.69) is 15.5 Å². The Bertz CT molecular complexity index is 838. The van der Waals surface area contributed by atoms with E-state index in [1.165, 1.54) is 0 Å². The van der Waals surface area contributed by atoms with Crippen molar-refractivity contribution >= 4 is 22.6 Å². The maximum Gasteiger partial charge on any atom is 0.306 e. The van der Waals surface area contributed by atoms with Crippen molar-refractivity contribution in [2.24, 2.45) is 11.8 Å². The van der Waals surface area contributed by atoms with Gasteiger partial charge in [-0.1, -0.05) is 18.2 Å². The molecule has 3 N–H and O–H groups in total. The Morgan fingerprint density at radius 1 is 1.16 bits per heavy atom. The number of hydrogen-bond acceptors (Lipinski definition) is 4. The first kappa shape index (κ1) is 17.1. The number of fused-ring (bicyclic) bond motifs is 1. The Balaban J connectivity index is 1.56. The average Bonchev–Trinajstić information content (AvgIpc) is 2.63. The second-order valence-electron chi connectivity index (χ2n) is 6.58. The van der Waals surface area contributed by atoms with Crippen molar-refractivity contribution in [3.05, 3.63) is 40.3 Å². The number of aromatic amines is 1. The van der Waals surface area contributed by atoms with E-state index < -0.39 is 5.97 Å². The number of rotatable bonds is 5. The maximum atomic E-state index is 12.2. The van der Waals surface area contributed by atoms with Gasteiger partial charge in [0.1, 0.15) is 0 Å². The van der Waals surface area contributed by atoms with Gasteiger partial charge in [-0.2, -0.15) is 5.10 Å². The van der Waals surface area contributed by atoms with E-state index in [4.69, 9.17) is 5.11 Å². The van der Waals surface area contributed by atoms with Gasteiger partial charge < -0.3 is 10.4 Å². The van der Waals surface area contributed by atoms with Gasteiger partial charge >= 0.3 is 5.97 Å². The first-order valence-electron chi connectivity index (χ1n) is 8.50. The second-order valence-corrected chi connectivity index (χ2v) is 6.58. The molecule has 1 aliphatic rings. The fourth-order valence-electron chi connectivity index (χ4n) is 3.39. The number of carboxylic acid groups (broad SMARTS) is 1. The van der Waals surface area contributed by atoms with Crippen LogP contribution in [0.2, 0.25) is 0 Å². The monoisotopic (exact) mass is 343 g/mol. The third kappa shape index (κ3) is 4.04. The molecule has 0 atom stereocenters. The minimum absolute atomic E-state index is 0.0990. The minimum Gasteiger partial charge on any atom is -0.481 e. The van der Waals surface area contributed by atoms with Gasteiger partial charge in [0.15, 0.2) is 0 Å². The molecule has 132 valence electrons. The summed E-state index contributed by atoms with van der Waals surface area (Å²) in [4.78, 5) is 34.9. The van der Waals surface area contributed by atoms with E-state index in [1.54, 1.807) is 18.2 Å². The molecule has 1 amide bonds. The van der Waals surface area contributed by atoms with Gasteiger partial charge in [0.25, 0.3) is 5.56 Å². The summed E-state index contributed by atoms with van der Waals surface area (Å²) < 4.78 is 0. The summed E-state index contributed by atoms with van der Waals surface area (Å²) in [5.41, 5.74) is 0.275. The molecule has 0 bridgehead atoms. The van der Waals surface area contributed by atoms with Gasteiger partial charge in [0.05, 0.1) is 23.4 Å². The van der Waals surface area contributed by atoms with Crippen molar-refractivity contribution in [3.8, 4) is 0 Å². The lowest BCUT2D eigenvalue weighted by Crippen LogP contribution is -2.33. The van der Waals surface area contributed by atoms with E-state index in [9.17, 15) is 14.4 Å². The lowest BCUT2D eigenvalue weighted by Gasteiger charge is -2.26. The zero-order valence-electron chi connectivity index (χ0n) is 13.8. The largest absolute Gasteiger partial charge is 0.481 e. The van der Waals surface area contributed by atoms with Gasteiger partial charge in [-0.25, -0.2) is 5.10 Å². The molecule has 0 saturated heterocycles. The fourth-order valence-corrected chi connectivity index (χ4v) is 3.39. The zero-order valence-corrected chi connectivity index (χ0v) is 13.8. The molecule has 1 aromatic heterocycles. The van der Waals surface area contributed by atoms with Gasteiger partial charge in [-0.3, -0.25) is 14.4 Å². The van der Waals surface area contributed by atoms with Crippen LogP contribution in [0.4, 0.5) is 0 Å². The summed E-state index contributed by atoms with van der Waals surface area (Å²) in [6, 6.07) is 7.08. The number of H-pyrrole nitrogens is 1. The molecule has 1 saturated carbocycles. The SMILES string of the molecule is O=C(Cc1n[nH]c(=O)c2ccccc12)NCC1CCC(C(=O)O)CC1. The lowest BCUT2D eigenvalue weighted by atomic mass is 9.82. The summed E-state index contributed by atoms with van der Waals surface area (Å²) in [7, 11) is 0. The molecule has 7 heteroatoms. The molecule has 2 aromatic rings. The molecule has 3 rings (SSSR count). The van der Waals surface area contributed by atoms with Crippen molar-refractivity contribution < 1.29 is 14.7 Å². The Morgan fingerprint density at radius 2 is 1.84 bits per heavy atom. The predicted molar refractivity (Wildman–Crippen MR) is 92.2 cm³/mol. The molecule has 0 spiro atoms. The first-order chi connectivity index (χ1) is 12.0. The lowest BCUT2D eigenvalue weighted by molar-refractivity contribution is -0.143. The van der Waals surface area contributed by atoms with Crippen LogP contribution in [0.1, 0.15) is 31.4 Å². The van der Waals surface area contributed by atoms with Crippen LogP contribution in [0.15, 0.2) is 29.1 Å². The van der Waals surface area contributed by atoms with Crippen molar-refractivity contribution in [2.45, 2.75) is 32.1 Å². The van der Waals surface area contributed by atoms with Crippen molar-refractivity contribution in [3.63, 3.8) is 0 Å². The Morgan fingerprint density at radius 3 is 2.52 bits per heavy atom. The first-order valence-corrected chi connectivity index (χ1v) is 8.50. The molecule has 1 fully saturated rings. The van der Waals surface area contributed by atoms with Crippen LogP contribution < -0.4 is 10.9 Å². The maximum absolute atomic E-state index is 12.2. The molecule has 25 heavy (non-hydrogen) atoms. The fraction of sp³-hybridized carbons (Fsp3) is 0.444.